The molecule has 0 saturated carbocycles. The van der Waals surface area contributed by atoms with Crippen LogP contribution in [0.5, 0.6) is 0 Å². The van der Waals surface area contributed by atoms with Gasteiger partial charge in [-0.05, 0) is 32.1 Å². The molecule has 0 amide bonds. The number of hydrogen-bond donors (Lipinski definition) is 0. The van der Waals surface area contributed by atoms with Gasteiger partial charge in [0, 0.05) is 39.3 Å². The molecule has 0 saturated heterocycles. The molecule has 0 fully saturated rings. The van der Waals surface area contributed by atoms with E-state index in [0.29, 0.717) is 72.5 Å². The molecule has 0 aromatic heterocycles. The van der Waals surface area contributed by atoms with Gasteiger partial charge in [0.25, 0.3) is 0 Å². The second-order valence-electron chi connectivity index (χ2n) is 10.4. The van der Waals surface area contributed by atoms with Crippen molar-refractivity contribution in [3.05, 3.63) is 0 Å². The van der Waals surface area contributed by atoms with E-state index in [1.54, 1.807) is 0 Å². The summed E-state index contributed by atoms with van der Waals surface area (Å²) < 4.78 is 55.4. The van der Waals surface area contributed by atoms with Crippen LogP contribution in [-0.2, 0) is 57.0 Å². The Labute approximate surface area is 272 Å². The number of carbonyl (C=O) groups excluding carboxylic acids is 2. The van der Waals surface area contributed by atoms with E-state index in [2.05, 4.69) is 27.7 Å². The van der Waals surface area contributed by atoms with Gasteiger partial charge < -0.3 is 47.4 Å². The topological polar surface area (TPSA) is 126 Å². The third kappa shape index (κ3) is 32.4. The lowest BCUT2D eigenvalue weighted by Crippen LogP contribution is -2.26. The predicted octanol–water partition coefficient (Wildman–Crippen LogP) is 5.23. The Morgan fingerprint density at radius 1 is 0.400 bits per heavy atom. The maximum Gasteiger partial charge on any atom is 0.305 e. The summed E-state index contributed by atoms with van der Waals surface area (Å²) in [6.45, 7) is 14.1. The lowest BCUT2D eigenvalue weighted by atomic mass is 10.2. The molecule has 0 radical (unpaired) electrons. The quantitative estimate of drug-likeness (QED) is 0.0500. The average molecular weight is 653 g/mol. The molecule has 0 aliphatic carbocycles. The molecule has 0 aliphatic heterocycles. The summed E-state index contributed by atoms with van der Waals surface area (Å²) >= 11 is 0. The highest BCUT2D eigenvalue weighted by Crippen LogP contribution is 2.03. The Morgan fingerprint density at radius 2 is 0.756 bits per heavy atom. The average Bonchev–Trinajstić information content (AvgIpc) is 3.03. The van der Waals surface area contributed by atoms with Gasteiger partial charge >= 0.3 is 11.9 Å². The lowest BCUT2D eigenvalue weighted by molar-refractivity contribution is -0.179. The third-order valence-electron chi connectivity index (χ3n) is 6.20. The Balaban J connectivity index is 3.76. The maximum atomic E-state index is 11.9. The predicted molar refractivity (Wildman–Crippen MR) is 170 cm³/mol. The van der Waals surface area contributed by atoms with E-state index in [1.165, 1.54) is 0 Å². The molecule has 2 unspecified atom stereocenters. The van der Waals surface area contributed by atoms with E-state index in [-0.39, 0.29) is 51.2 Å². The molecular weight excluding hydrogens is 588 g/mol. The van der Waals surface area contributed by atoms with Crippen LogP contribution in [0.25, 0.3) is 0 Å². The van der Waals surface area contributed by atoms with E-state index >= 15 is 0 Å². The molecule has 12 heteroatoms. The smallest absolute Gasteiger partial charge is 0.305 e. The fraction of sp³-hybridized carbons (Fsp3) is 0.939. The first-order chi connectivity index (χ1) is 22.1. The molecule has 0 N–H and O–H groups in total. The van der Waals surface area contributed by atoms with Gasteiger partial charge in [0.1, 0.15) is 13.2 Å². The highest BCUT2D eigenvalue weighted by atomic mass is 16.7. The zero-order chi connectivity index (χ0) is 33.1. The molecular formula is C33H64O12. The Kier molecular flexibility index (Phi) is 34.4. The molecule has 0 spiro atoms. The molecule has 0 rings (SSSR count). The van der Waals surface area contributed by atoms with Gasteiger partial charge in [0.2, 0.25) is 0 Å². The molecule has 0 aromatic rings. The third-order valence-corrected chi connectivity index (χ3v) is 6.20. The second-order valence-corrected chi connectivity index (χ2v) is 10.4. The zero-order valence-corrected chi connectivity index (χ0v) is 28.7. The van der Waals surface area contributed by atoms with Crippen LogP contribution in [0.3, 0.4) is 0 Å². The summed E-state index contributed by atoms with van der Waals surface area (Å²) in [5.74, 6) is -0.764. The minimum absolute atomic E-state index is 0.129. The van der Waals surface area contributed by atoms with Crippen molar-refractivity contribution < 1.29 is 57.0 Å². The zero-order valence-electron chi connectivity index (χ0n) is 28.7. The summed E-state index contributed by atoms with van der Waals surface area (Å²) in [4.78, 5) is 23.8. The van der Waals surface area contributed by atoms with Crippen LogP contribution in [0.1, 0.15) is 98.3 Å². The van der Waals surface area contributed by atoms with Crippen molar-refractivity contribution in [2.75, 3.05) is 92.5 Å². The summed E-state index contributed by atoms with van der Waals surface area (Å²) in [7, 11) is 0. The Bertz CT molecular complexity index is 585. The largest absolute Gasteiger partial charge is 0.463 e. The first kappa shape index (κ1) is 43.6. The van der Waals surface area contributed by atoms with Crippen LogP contribution in [-0.4, -0.2) is 117 Å². The SMILES string of the molecule is CCCCOCC(OCCCC)OCCOCCOC(=O)CCCC(=O)OCCOCCOC(COCCCC)OCCCC. The van der Waals surface area contributed by atoms with Crippen LogP contribution in [0.15, 0.2) is 0 Å². The minimum atomic E-state index is -0.414. The molecule has 0 aromatic carbocycles. The second kappa shape index (κ2) is 35.5. The van der Waals surface area contributed by atoms with Crippen LogP contribution in [0.4, 0.5) is 0 Å². The summed E-state index contributed by atoms with van der Waals surface area (Å²) in [6, 6.07) is 0. The van der Waals surface area contributed by atoms with Crippen LogP contribution in [0, 0.1) is 0 Å². The van der Waals surface area contributed by atoms with E-state index in [1.807, 2.05) is 0 Å². The monoisotopic (exact) mass is 652 g/mol. The first-order valence-electron chi connectivity index (χ1n) is 17.2. The number of hydrogen-bond acceptors (Lipinski definition) is 12. The standard InChI is InChI=1S/C33H64O12/c1-5-9-16-38-28-32(42-18-11-7-3)44-26-22-36-20-24-40-30(34)14-13-15-31(35)41-25-21-37-23-27-45-33(43-19-12-8-4)29-39-17-10-6-2/h32-33H,5-29H2,1-4H3. The molecule has 0 heterocycles. The van der Waals surface area contributed by atoms with Crippen LogP contribution < -0.4 is 0 Å². The van der Waals surface area contributed by atoms with Crippen molar-refractivity contribution in [3.63, 3.8) is 0 Å². The maximum absolute atomic E-state index is 11.9. The van der Waals surface area contributed by atoms with Gasteiger partial charge in [-0.1, -0.05) is 53.4 Å². The van der Waals surface area contributed by atoms with Gasteiger partial charge in [0.15, 0.2) is 12.6 Å². The van der Waals surface area contributed by atoms with Gasteiger partial charge in [-0.15, -0.1) is 0 Å². The van der Waals surface area contributed by atoms with Crippen molar-refractivity contribution in [2.24, 2.45) is 0 Å². The fourth-order valence-electron chi connectivity index (χ4n) is 3.49. The molecule has 12 nitrogen and oxygen atoms in total. The fourth-order valence-corrected chi connectivity index (χ4v) is 3.49. The number of esters is 2. The summed E-state index contributed by atoms with van der Waals surface area (Å²) in [6.07, 6.45) is 7.98. The summed E-state index contributed by atoms with van der Waals surface area (Å²) in [5.41, 5.74) is 0. The van der Waals surface area contributed by atoms with Gasteiger partial charge in [-0.3, -0.25) is 9.59 Å². The van der Waals surface area contributed by atoms with E-state index in [0.717, 1.165) is 51.4 Å². The van der Waals surface area contributed by atoms with Crippen molar-refractivity contribution in [1.29, 1.82) is 0 Å². The number of unbranched alkanes of at least 4 members (excludes halogenated alkanes) is 4. The Hall–Kier alpha value is -1.38. The number of rotatable bonds is 36. The van der Waals surface area contributed by atoms with E-state index in [4.69, 9.17) is 47.4 Å². The highest BCUT2D eigenvalue weighted by molar-refractivity contribution is 5.72. The van der Waals surface area contributed by atoms with Crippen molar-refractivity contribution in [2.45, 2.75) is 111 Å². The normalized spacial score (nSPS) is 12.7. The van der Waals surface area contributed by atoms with Crippen molar-refractivity contribution in [3.8, 4) is 0 Å². The van der Waals surface area contributed by atoms with E-state index < -0.39 is 12.6 Å². The lowest BCUT2D eigenvalue weighted by Gasteiger charge is -2.18. The number of ether oxygens (including phenoxy) is 10. The molecule has 45 heavy (non-hydrogen) atoms. The molecule has 0 bridgehead atoms. The minimum Gasteiger partial charge on any atom is -0.463 e. The van der Waals surface area contributed by atoms with E-state index in [9.17, 15) is 9.59 Å². The molecule has 268 valence electrons. The van der Waals surface area contributed by atoms with Crippen molar-refractivity contribution >= 4 is 11.9 Å². The number of carbonyl (C=O) groups is 2. The van der Waals surface area contributed by atoms with Crippen molar-refractivity contribution in [1.82, 2.24) is 0 Å². The van der Waals surface area contributed by atoms with Gasteiger partial charge in [-0.2, -0.15) is 0 Å². The summed E-state index contributed by atoms with van der Waals surface area (Å²) in [5, 5.41) is 0. The van der Waals surface area contributed by atoms with Gasteiger partial charge in [0.05, 0.1) is 52.9 Å². The van der Waals surface area contributed by atoms with Gasteiger partial charge in [-0.25, -0.2) is 0 Å². The Morgan fingerprint density at radius 3 is 1.16 bits per heavy atom. The van der Waals surface area contributed by atoms with Crippen LogP contribution in [0.2, 0.25) is 0 Å². The highest BCUT2D eigenvalue weighted by Gasteiger charge is 2.12. The molecule has 0 aliphatic rings. The first-order valence-corrected chi connectivity index (χ1v) is 17.2. The van der Waals surface area contributed by atoms with Crippen LogP contribution >= 0.6 is 0 Å². The molecule has 2 atom stereocenters.